The molecule has 0 spiro atoms. The van der Waals surface area contributed by atoms with Gasteiger partial charge in [0.1, 0.15) is 37.0 Å². The fourth-order valence-corrected chi connectivity index (χ4v) is 3.85. The molecule has 1 aliphatic rings. The molecule has 2 aromatic carbocycles. The van der Waals surface area contributed by atoms with Crippen LogP contribution < -0.4 is 14.4 Å². The molecule has 0 atom stereocenters. The van der Waals surface area contributed by atoms with E-state index >= 15 is 0 Å². The van der Waals surface area contributed by atoms with Gasteiger partial charge in [-0.2, -0.15) is 0 Å². The summed E-state index contributed by atoms with van der Waals surface area (Å²) in [6, 6.07) is 15.0. The molecule has 182 valence electrons. The van der Waals surface area contributed by atoms with Crippen LogP contribution in [0.4, 0.5) is 5.69 Å². The highest BCUT2D eigenvalue weighted by Gasteiger charge is 2.33. The van der Waals surface area contributed by atoms with Gasteiger partial charge in [0.05, 0.1) is 27.0 Å². The molecule has 35 heavy (non-hydrogen) atoms. The minimum Gasteiger partial charge on any atom is -0.497 e. The number of carbonyl (C=O) groups excluding carboxylic acids is 3. The van der Waals surface area contributed by atoms with E-state index < -0.39 is 5.91 Å². The summed E-state index contributed by atoms with van der Waals surface area (Å²) in [5, 5.41) is 0.551. The topological polar surface area (TPSA) is 92.5 Å². The van der Waals surface area contributed by atoms with E-state index in [0.29, 0.717) is 33.5 Å². The van der Waals surface area contributed by atoms with Gasteiger partial charge >= 0.3 is 0 Å². The molecule has 10 heteroatoms. The van der Waals surface area contributed by atoms with E-state index in [4.69, 9.17) is 25.5 Å². The van der Waals surface area contributed by atoms with Crippen molar-refractivity contribution in [1.29, 1.82) is 0 Å². The number of carbonyl (C=O) groups is 3. The molecule has 0 saturated carbocycles. The number of nitrogens with zero attached hydrogens (tertiary/aromatic N) is 3. The van der Waals surface area contributed by atoms with E-state index in [1.54, 1.807) is 54.6 Å². The average Bonchev–Trinajstić information content (AvgIpc) is 3.53. The molecule has 1 fully saturated rings. The van der Waals surface area contributed by atoms with Crippen molar-refractivity contribution in [2.75, 3.05) is 38.9 Å². The lowest BCUT2D eigenvalue weighted by Gasteiger charge is -2.25. The molecule has 3 aromatic rings. The van der Waals surface area contributed by atoms with E-state index in [2.05, 4.69) is 0 Å². The lowest BCUT2D eigenvalue weighted by atomic mass is 10.1. The van der Waals surface area contributed by atoms with E-state index in [1.807, 2.05) is 0 Å². The first kappa shape index (κ1) is 24.2. The number of rotatable bonds is 8. The van der Waals surface area contributed by atoms with E-state index in [9.17, 15) is 14.4 Å². The third kappa shape index (κ3) is 5.58. The quantitative estimate of drug-likeness (QED) is 0.473. The standard InChI is InChI=1S/C25H24ClN3O6/c1-33-21-10-17(11-22(12-21)34-2)25(32)27(13-20-4-3-9-35-20)14-23(30)28-15-24(31)29(16-28)19-7-5-18(26)6-8-19/h3-12H,13-16H2,1-2H3. The van der Waals surface area contributed by atoms with Crippen LogP contribution in [0.5, 0.6) is 11.5 Å². The fraction of sp³-hybridized carbons (Fsp3) is 0.240. The number of hydrogen-bond donors (Lipinski definition) is 0. The van der Waals surface area contributed by atoms with Crippen molar-refractivity contribution >= 4 is 35.0 Å². The van der Waals surface area contributed by atoms with Crippen LogP contribution in [0.3, 0.4) is 0 Å². The molecule has 9 nitrogen and oxygen atoms in total. The summed E-state index contributed by atoms with van der Waals surface area (Å²) in [7, 11) is 2.98. The van der Waals surface area contributed by atoms with Crippen molar-refractivity contribution in [2.24, 2.45) is 0 Å². The van der Waals surface area contributed by atoms with Gasteiger partial charge in [-0.1, -0.05) is 11.6 Å². The number of methoxy groups -OCH3 is 2. The summed E-state index contributed by atoms with van der Waals surface area (Å²) < 4.78 is 16.0. The van der Waals surface area contributed by atoms with Crippen LogP contribution >= 0.6 is 11.6 Å². The summed E-state index contributed by atoms with van der Waals surface area (Å²) in [5.74, 6) is 0.404. The molecule has 0 radical (unpaired) electrons. The van der Waals surface area contributed by atoms with Crippen LogP contribution in [0.25, 0.3) is 0 Å². The predicted octanol–water partition coefficient (Wildman–Crippen LogP) is 3.43. The molecule has 4 rings (SSSR count). The molecule has 1 aliphatic heterocycles. The number of hydrogen-bond acceptors (Lipinski definition) is 6. The third-order valence-electron chi connectivity index (χ3n) is 5.57. The lowest BCUT2D eigenvalue weighted by molar-refractivity contribution is -0.132. The first-order valence-electron chi connectivity index (χ1n) is 10.8. The normalized spacial score (nSPS) is 13.2. The Balaban J connectivity index is 1.54. The van der Waals surface area contributed by atoms with Crippen molar-refractivity contribution in [2.45, 2.75) is 6.54 Å². The number of benzene rings is 2. The number of ether oxygens (including phenoxy) is 2. The van der Waals surface area contributed by atoms with Crippen LogP contribution in [-0.4, -0.2) is 61.5 Å². The Bertz CT molecular complexity index is 1190. The van der Waals surface area contributed by atoms with Gasteiger partial charge in [0, 0.05) is 22.3 Å². The van der Waals surface area contributed by atoms with Crippen molar-refractivity contribution in [3.05, 3.63) is 77.2 Å². The second-order valence-electron chi connectivity index (χ2n) is 7.87. The fourth-order valence-electron chi connectivity index (χ4n) is 3.73. The van der Waals surface area contributed by atoms with Crippen LogP contribution in [0.15, 0.2) is 65.3 Å². The van der Waals surface area contributed by atoms with Gasteiger partial charge in [-0.25, -0.2) is 0 Å². The average molecular weight is 498 g/mol. The molecule has 3 amide bonds. The van der Waals surface area contributed by atoms with Crippen LogP contribution in [0.1, 0.15) is 16.1 Å². The second kappa shape index (κ2) is 10.5. The molecule has 0 unspecified atom stereocenters. The Morgan fingerprint density at radius 1 is 1.06 bits per heavy atom. The van der Waals surface area contributed by atoms with E-state index in [0.717, 1.165) is 0 Å². The van der Waals surface area contributed by atoms with Gasteiger partial charge in [-0.3, -0.25) is 19.3 Å². The third-order valence-corrected chi connectivity index (χ3v) is 5.82. The first-order valence-corrected chi connectivity index (χ1v) is 11.1. The zero-order valence-electron chi connectivity index (χ0n) is 19.3. The first-order chi connectivity index (χ1) is 16.9. The zero-order valence-corrected chi connectivity index (χ0v) is 20.0. The van der Waals surface area contributed by atoms with E-state index in [1.165, 1.54) is 35.2 Å². The monoisotopic (exact) mass is 497 g/mol. The molecule has 0 N–H and O–H groups in total. The number of anilines is 1. The molecular formula is C25H24ClN3O6. The van der Waals surface area contributed by atoms with Gasteiger partial charge < -0.3 is 23.7 Å². The molecule has 0 bridgehead atoms. The molecular weight excluding hydrogens is 474 g/mol. The predicted molar refractivity (Wildman–Crippen MR) is 129 cm³/mol. The lowest BCUT2D eigenvalue weighted by Crippen LogP contribution is -2.42. The SMILES string of the molecule is COc1cc(OC)cc(C(=O)N(CC(=O)N2CC(=O)N(c3ccc(Cl)cc3)C2)Cc2ccco2)c1. The Hall–Kier alpha value is -3.98. The van der Waals surface area contributed by atoms with Crippen molar-refractivity contribution in [3.63, 3.8) is 0 Å². The minimum atomic E-state index is -0.410. The van der Waals surface area contributed by atoms with E-state index in [-0.39, 0.29) is 38.1 Å². The number of amides is 3. The van der Waals surface area contributed by atoms with Gasteiger partial charge in [-0.15, -0.1) is 0 Å². The van der Waals surface area contributed by atoms with Crippen molar-refractivity contribution in [3.8, 4) is 11.5 Å². The highest BCUT2D eigenvalue weighted by molar-refractivity contribution is 6.30. The second-order valence-corrected chi connectivity index (χ2v) is 8.31. The summed E-state index contributed by atoms with van der Waals surface area (Å²) in [6.45, 7) is -0.188. The van der Waals surface area contributed by atoms with Gasteiger partial charge in [0.2, 0.25) is 11.8 Å². The van der Waals surface area contributed by atoms with Crippen LogP contribution in [0, 0.1) is 0 Å². The van der Waals surface area contributed by atoms with Crippen LogP contribution in [0.2, 0.25) is 5.02 Å². The van der Waals surface area contributed by atoms with Gasteiger partial charge in [0.25, 0.3) is 5.91 Å². The summed E-state index contributed by atoms with van der Waals surface area (Å²) in [5.41, 5.74) is 0.933. The molecule has 1 saturated heterocycles. The highest BCUT2D eigenvalue weighted by Crippen LogP contribution is 2.25. The number of furan rings is 1. The zero-order chi connectivity index (χ0) is 24.9. The summed E-state index contributed by atoms with van der Waals surface area (Å²) in [6.07, 6.45) is 1.50. The Morgan fingerprint density at radius 3 is 2.34 bits per heavy atom. The van der Waals surface area contributed by atoms with Crippen molar-refractivity contribution < 1.29 is 28.3 Å². The maximum absolute atomic E-state index is 13.5. The Kier molecular flexibility index (Phi) is 7.26. The number of halogens is 1. The minimum absolute atomic E-state index is 0.0692. The summed E-state index contributed by atoms with van der Waals surface area (Å²) >= 11 is 5.94. The Morgan fingerprint density at radius 2 is 1.74 bits per heavy atom. The maximum Gasteiger partial charge on any atom is 0.255 e. The molecule has 0 aliphatic carbocycles. The van der Waals surface area contributed by atoms with Crippen LogP contribution in [-0.2, 0) is 16.1 Å². The van der Waals surface area contributed by atoms with Gasteiger partial charge in [0.15, 0.2) is 0 Å². The molecule has 1 aromatic heterocycles. The highest BCUT2D eigenvalue weighted by atomic mass is 35.5. The smallest absolute Gasteiger partial charge is 0.255 e. The Labute approximate surface area is 207 Å². The largest absolute Gasteiger partial charge is 0.497 e. The summed E-state index contributed by atoms with van der Waals surface area (Å²) in [4.78, 5) is 43.5. The van der Waals surface area contributed by atoms with Gasteiger partial charge in [-0.05, 0) is 48.5 Å². The maximum atomic E-state index is 13.5. The van der Waals surface area contributed by atoms with Crippen molar-refractivity contribution in [1.82, 2.24) is 9.80 Å². The molecule has 2 heterocycles.